The largest absolute Gasteiger partial charge is 0.483 e. The number of carbonyl (C=O) groups excluding carboxylic acids is 1. The zero-order valence-corrected chi connectivity index (χ0v) is 19.0. The topological polar surface area (TPSA) is 50.7 Å². The van der Waals surface area contributed by atoms with Crippen LogP contribution in [0.5, 0.6) is 5.75 Å². The molecule has 3 aromatic carbocycles. The van der Waals surface area contributed by atoms with E-state index in [1.54, 1.807) is 6.21 Å². The number of benzene rings is 3. The Morgan fingerprint density at radius 2 is 1.79 bits per heavy atom. The first-order valence-corrected chi connectivity index (χ1v) is 10.3. The van der Waals surface area contributed by atoms with Crippen molar-refractivity contribution in [3.05, 3.63) is 73.7 Å². The maximum atomic E-state index is 12.1. The van der Waals surface area contributed by atoms with Crippen molar-refractivity contribution in [1.82, 2.24) is 5.43 Å². The molecule has 0 aliphatic rings. The number of amides is 1. The van der Waals surface area contributed by atoms with E-state index in [-0.39, 0.29) is 12.5 Å². The van der Waals surface area contributed by atoms with E-state index in [4.69, 9.17) is 4.74 Å². The van der Waals surface area contributed by atoms with Gasteiger partial charge in [0.1, 0.15) is 5.75 Å². The van der Waals surface area contributed by atoms with Crippen molar-refractivity contribution in [2.24, 2.45) is 5.10 Å². The summed E-state index contributed by atoms with van der Waals surface area (Å²) in [5.74, 6) is 0.292. The van der Waals surface area contributed by atoms with Gasteiger partial charge in [-0.1, -0.05) is 45.8 Å². The molecule has 0 spiro atoms. The van der Waals surface area contributed by atoms with E-state index >= 15 is 0 Å². The summed E-state index contributed by atoms with van der Waals surface area (Å²) in [6.07, 6.45) is 1.67. The minimum absolute atomic E-state index is 0.121. The summed E-state index contributed by atoms with van der Waals surface area (Å²) in [5.41, 5.74) is 6.98. The SMILES string of the molecule is Cc1cc(C)c(C=NNC(=O)COc2ccc3cc(Br)ccc3c2Br)c(C)c1. The smallest absolute Gasteiger partial charge is 0.277 e. The molecule has 0 saturated carbocycles. The van der Waals surface area contributed by atoms with Crippen LogP contribution >= 0.6 is 31.9 Å². The van der Waals surface area contributed by atoms with Crippen molar-refractivity contribution in [1.29, 1.82) is 0 Å². The summed E-state index contributed by atoms with van der Waals surface area (Å²) in [6.45, 7) is 6.00. The second-order valence-corrected chi connectivity index (χ2v) is 8.35. The molecule has 0 aliphatic heterocycles. The van der Waals surface area contributed by atoms with Crippen LogP contribution in [0, 0.1) is 20.8 Å². The van der Waals surface area contributed by atoms with Gasteiger partial charge in [0.15, 0.2) is 6.61 Å². The standard InChI is InChI=1S/C22H20Br2N2O2/c1-13-8-14(2)19(15(3)9-13)11-25-26-21(27)12-28-20-7-4-16-10-17(23)5-6-18(16)22(20)24/h4-11H,12H2,1-3H3,(H,26,27). The van der Waals surface area contributed by atoms with Gasteiger partial charge in [0.2, 0.25) is 0 Å². The molecule has 0 radical (unpaired) electrons. The molecule has 1 N–H and O–H groups in total. The number of hydrogen-bond donors (Lipinski definition) is 1. The number of rotatable bonds is 5. The third-order valence-corrected chi connectivity index (χ3v) is 5.67. The Bertz CT molecular complexity index is 1050. The highest BCUT2D eigenvalue weighted by molar-refractivity contribution is 9.11. The number of nitrogens with zero attached hydrogens (tertiary/aromatic N) is 1. The summed E-state index contributed by atoms with van der Waals surface area (Å²) >= 11 is 7.03. The predicted molar refractivity (Wildman–Crippen MR) is 121 cm³/mol. The number of hydrogen-bond acceptors (Lipinski definition) is 3. The number of hydrazone groups is 1. The Labute approximate surface area is 181 Å². The van der Waals surface area contributed by atoms with Crippen molar-refractivity contribution < 1.29 is 9.53 Å². The van der Waals surface area contributed by atoms with E-state index in [0.29, 0.717) is 5.75 Å². The highest BCUT2D eigenvalue weighted by Gasteiger charge is 2.09. The van der Waals surface area contributed by atoms with Gasteiger partial charge >= 0.3 is 0 Å². The Hall–Kier alpha value is -2.18. The first-order valence-electron chi connectivity index (χ1n) is 8.75. The van der Waals surface area contributed by atoms with Crippen LogP contribution < -0.4 is 10.2 Å². The molecule has 28 heavy (non-hydrogen) atoms. The molecule has 0 aliphatic carbocycles. The third-order valence-electron chi connectivity index (χ3n) is 4.36. The van der Waals surface area contributed by atoms with E-state index in [0.717, 1.165) is 36.4 Å². The van der Waals surface area contributed by atoms with Crippen molar-refractivity contribution in [2.75, 3.05) is 6.61 Å². The normalized spacial score (nSPS) is 11.2. The van der Waals surface area contributed by atoms with Gasteiger partial charge < -0.3 is 4.74 Å². The zero-order chi connectivity index (χ0) is 20.3. The molecule has 144 valence electrons. The summed E-state index contributed by atoms with van der Waals surface area (Å²) in [5, 5.41) is 6.16. The molecule has 0 heterocycles. The van der Waals surface area contributed by atoms with Gasteiger partial charge in [0, 0.05) is 10.0 Å². The molecule has 0 atom stereocenters. The Balaban J connectivity index is 1.63. The van der Waals surface area contributed by atoms with Crippen molar-refractivity contribution >= 4 is 54.8 Å². The monoisotopic (exact) mass is 502 g/mol. The molecule has 0 saturated heterocycles. The maximum absolute atomic E-state index is 12.1. The number of nitrogens with one attached hydrogen (secondary N) is 1. The Morgan fingerprint density at radius 1 is 1.07 bits per heavy atom. The third kappa shape index (κ3) is 4.80. The lowest BCUT2D eigenvalue weighted by atomic mass is 10.0. The minimum Gasteiger partial charge on any atom is -0.483 e. The van der Waals surface area contributed by atoms with Crippen LogP contribution in [-0.4, -0.2) is 18.7 Å². The predicted octanol–water partition coefficient (Wildman–Crippen LogP) is 5.82. The lowest BCUT2D eigenvalue weighted by molar-refractivity contribution is -0.123. The molecule has 0 aromatic heterocycles. The van der Waals surface area contributed by atoms with Gasteiger partial charge in [-0.05, 0) is 76.8 Å². The second kappa shape index (κ2) is 8.88. The van der Waals surface area contributed by atoms with Gasteiger partial charge in [-0.2, -0.15) is 5.10 Å². The lowest BCUT2D eigenvalue weighted by Gasteiger charge is -2.10. The molecule has 0 bridgehead atoms. The Kier molecular flexibility index (Phi) is 6.52. The molecule has 3 rings (SSSR count). The lowest BCUT2D eigenvalue weighted by Crippen LogP contribution is -2.24. The molecule has 0 unspecified atom stereocenters. The van der Waals surface area contributed by atoms with Gasteiger partial charge in [-0.3, -0.25) is 4.79 Å². The van der Waals surface area contributed by atoms with Crippen LogP contribution in [0.2, 0.25) is 0 Å². The number of halogens is 2. The molecule has 3 aromatic rings. The van der Waals surface area contributed by atoms with Gasteiger partial charge in [0.25, 0.3) is 5.91 Å². The summed E-state index contributed by atoms with van der Waals surface area (Å²) in [4.78, 5) is 12.1. The fourth-order valence-electron chi connectivity index (χ4n) is 3.09. The highest BCUT2D eigenvalue weighted by atomic mass is 79.9. The first kappa shape index (κ1) is 20.6. The fourth-order valence-corrected chi connectivity index (χ4v) is 4.08. The van der Waals surface area contributed by atoms with Gasteiger partial charge in [-0.25, -0.2) is 5.43 Å². The van der Waals surface area contributed by atoms with Crippen LogP contribution in [0.25, 0.3) is 10.8 Å². The van der Waals surface area contributed by atoms with Crippen LogP contribution in [0.4, 0.5) is 0 Å². The molecule has 6 heteroatoms. The Morgan fingerprint density at radius 3 is 2.50 bits per heavy atom. The van der Waals surface area contributed by atoms with E-state index in [2.05, 4.69) is 61.4 Å². The van der Waals surface area contributed by atoms with E-state index in [1.807, 2.05) is 44.2 Å². The highest BCUT2D eigenvalue weighted by Crippen LogP contribution is 2.34. The van der Waals surface area contributed by atoms with E-state index in [1.165, 1.54) is 5.56 Å². The number of aryl methyl sites for hydroxylation is 3. The average molecular weight is 504 g/mol. The van der Waals surface area contributed by atoms with Crippen LogP contribution in [0.15, 0.2) is 56.5 Å². The number of carbonyl (C=O) groups is 1. The van der Waals surface area contributed by atoms with Crippen LogP contribution in [0.1, 0.15) is 22.3 Å². The van der Waals surface area contributed by atoms with Gasteiger partial charge in [0.05, 0.1) is 10.7 Å². The van der Waals surface area contributed by atoms with Crippen LogP contribution in [0.3, 0.4) is 0 Å². The maximum Gasteiger partial charge on any atom is 0.277 e. The van der Waals surface area contributed by atoms with E-state index < -0.39 is 0 Å². The summed E-state index contributed by atoms with van der Waals surface area (Å²) in [6, 6.07) is 14.0. The number of ether oxygens (including phenoxy) is 1. The number of fused-ring (bicyclic) bond motifs is 1. The molecule has 0 fully saturated rings. The quantitative estimate of drug-likeness (QED) is 0.352. The van der Waals surface area contributed by atoms with Crippen molar-refractivity contribution in [3.8, 4) is 5.75 Å². The second-order valence-electron chi connectivity index (χ2n) is 6.64. The van der Waals surface area contributed by atoms with E-state index in [9.17, 15) is 4.79 Å². The molecule has 4 nitrogen and oxygen atoms in total. The average Bonchev–Trinajstić information content (AvgIpc) is 2.63. The summed E-state index contributed by atoms with van der Waals surface area (Å²) < 4.78 is 7.49. The summed E-state index contributed by atoms with van der Waals surface area (Å²) in [7, 11) is 0. The zero-order valence-electron chi connectivity index (χ0n) is 15.8. The molecular formula is C22H20Br2N2O2. The first-order chi connectivity index (χ1) is 13.3. The molecule has 1 amide bonds. The fraction of sp³-hybridized carbons (Fsp3) is 0.182. The minimum atomic E-state index is -0.318. The van der Waals surface area contributed by atoms with Crippen molar-refractivity contribution in [2.45, 2.75) is 20.8 Å². The van der Waals surface area contributed by atoms with Crippen LogP contribution in [-0.2, 0) is 4.79 Å². The van der Waals surface area contributed by atoms with Gasteiger partial charge in [-0.15, -0.1) is 0 Å². The molecular weight excluding hydrogens is 484 g/mol. The van der Waals surface area contributed by atoms with Crippen molar-refractivity contribution in [3.63, 3.8) is 0 Å².